The van der Waals surface area contributed by atoms with Gasteiger partial charge < -0.3 is 13.9 Å². The van der Waals surface area contributed by atoms with Crippen molar-refractivity contribution >= 4 is 48.6 Å². The topological polar surface area (TPSA) is 65.3 Å². The molecule has 3 rings (SSSR count). The molecule has 1 fully saturated rings. The van der Waals surface area contributed by atoms with Gasteiger partial charge in [0.1, 0.15) is 17.7 Å². The number of thiazole rings is 1. The Morgan fingerprint density at radius 3 is 2.75 bits per heavy atom. The number of nitrogens with zero attached hydrogens (tertiary/aromatic N) is 3. The van der Waals surface area contributed by atoms with E-state index >= 15 is 0 Å². The third-order valence-corrected chi connectivity index (χ3v) is 7.59. The second-order valence-electron chi connectivity index (χ2n) is 9.43. The molecule has 0 spiro atoms. The summed E-state index contributed by atoms with van der Waals surface area (Å²) in [5.74, 6) is 0.114. The fraction of sp³-hybridized carbons (Fsp3) is 0.591. The molecule has 4 atom stereocenters. The van der Waals surface area contributed by atoms with Crippen molar-refractivity contribution in [2.24, 2.45) is 11.3 Å². The average molecular weight is 496 g/mol. The molecule has 1 saturated heterocycles. The van der Waals surface area contributed by atoms with E-state index in [4.69, 9.17) is 26.1 Å². The Balaban J connectivity index is 2.07. The molecule has 2 aromatic rings. The molecule has 7 nitrogen and oxygen atoms in total. The molecule has 10 heteroatoms. The van der Waals surface area contributed by atoms with Gasteiger partial charge in [-0.25, -0.2) is 9.78 Å². The van der Waals surface area contributed by atoms with Gasteiger partial charge in [0.25, 0.3) is 0 Å². The summed E-state index contributed by atoms with van der Waals surface area (Å²) < 4.78 is 20.2. The Morgan fingerprint density at radius 1 is 1.47 bits per heavy atom. The van der Waals surface area contributed by atoms with Crippen LogP contribution in [0.15, 0.2) is 31.4 Å². The van der Waals surface area contributed by atoms with E-state index in [9.17, 15) is 4.79 Å². The lowest BCUT2D eigenvalue weighted by Crippen LogP contribution is -2.49. The van der Waals surface area contributed by atoms with Crippen LogP contribution in [0.5, 0.6) is 0 Å². The van der Waals surface area contributed by atoms with Gasteiger partial charge in [-0.1, -0.05) is 33.4 Å². The Morgan fingerprint density at radius 2 is 2.19 bits per heavy atom. The molecule has 3 heterocycles. The molecule has 2 unspecified atom stereocenters. The van der Waals surface area contributed by atoms with Gasteiger partial charge in [-0.15, -0.1) is 11.3 Å². The Labute approximate surface area is 201 Å². The minimum atomic E-state index is -1.46. The Hall–Kier alpha value is -1.75. The van der Waals surface area contributed by atoms with E-state index in [1.807, 2.05) is 16.8 Å². The molecule has 176 valence electrons. The quantitative estimate of drug-likeness (QED) is 0.299. The van der Waals surface area contributed by atoms with E-state index in [2.05, 4.69) is 45.4 Å². The molecule has 1 aliphatic rings. The number of fused-ring (bicyclic) bond motifs is 1. The predicted molar refractivity (Wildman–Crippen MR) is 134 cm³/mol. The third kappa shape index (κ3) is 5.41. The lowest BCUT2D eigenvalue weighted by molar-refractivity contribution is -0.0271. The van der Waals surface area contributed by atoms with Crippen molar-refractivity contribution in [2.75, 3.05) is 6.61 Å². The SMILES string of the molecule is C=CCOC(=O)N1C(O[SiH](C)C)[C@@H](C(C)(C)C)C[C@H]1C(OC(C)=S)c1cn2cncc2s1. The minimum Gasteiger partial charge on any atom is -0.476 e. The molecule has 0 saturated carbocycles. The molecule has 2 aromatic heterocycles. The summed E-state index contributed by atoms with van der Waals surface area (Å²) in [6, 6.07) is -0.288. The van der Waals surface area contributed by atoms with Gasteiger partial charge in [0.15, 0.2) is 20.2 Å². The van der Waals surface area contributed by atoms with Crippen LogP contribution >= 0.6 is 23.6 Å². The van der Waals surface area contributed by atoms with E-state index in [1.54, 1.807) is 35.6 Å². The maximum absolute atomic E-state index is 13.3. The summed E-state index contributed by atoms with van der Waals surface area (Å²) in [7, 11) is -1.46. The monoisotopic (exact) mass is 495 g/mol. The van der Waals surface area contributed by atoms with E-state index in [0.29, 0.717) is 5.05 Å². The molecule has 32 heavy (non-hydrogen) atoms. The number of amides is 1. The number of carbonyl (C=O) groups is 1. The zero-order valence-electron chi connectivity index (χ0n) is 19.6. The highest BCUT2D eigenvalue weighted by molar-refractivity contribution is 7.80. The number of carbonyl (C=O) groups excluding carboxylic acids is 1. The summed E-state index contributed by atoms with van der Waals surface area (Å²) in [5.41, 5.74) is -0.0800. The van der Waals surface area contributed by atoms with E-state index in [1.165, 1.54) is 0 Å². The van der Waals surface area contributed by atoms with Gasteiger partial charge >= 0.3 is 6.09 Å². The lowest BCUT2D eigenvalue weighted by atomic mass is 9.78. The van der Waals surface area contributed by atoms with Crippen molar-refractivity contribution in [3.8, 4) is 0 Å². The van der Waals surface area contributed by atoms with Crippen LogP contribution in [0.25, 0.3) is 4.83 Å². The highest BCUT2D eigenvalue weighted by Gasteiger charge is 2.53. The molecule has 0 aromatic carbocycles. The molecule has 1 aliphatic heterocycles. The van der Waals surface area contributed by atoms with Gasteiger partial charge in [-0.3, -0.25) is 9.30 Å². The summed E-state index contributed by atoms with van der Waals surface area (Å²) in [5, 5.41) is 0.431. The number of hydrogen-bond donors (Lipinski definition) is 0. The van der Waals surface area contributed by atoms with E-state index < -0.39 is 21.2 Å². The first-order valence-electron chi connectivity index (χ1n) is 10.8. The van der Waals surface area contributed by atoms with Gasteiger partial charge in [-0.05, 0) is 37.1 Å². The molecule has 1 amide bonds. The molecule has 0 N–H and O–H groups in total. The first-order valence-corrected chi connectivity index (χ1v) is 14.8. The first kappa shape index (κ1) is 24.9. The Bertz CT molecular complexity index is 939. The number of aromatic nitrogens is 2. The molecule has 0 radical (unpaired) electrons. The zero-order chi connectivity index (χ0) is 23.6. The van der Waals surface area contributed by atoms with Crippen molar-refractivity contribution < 1.29 is 18.7 Å². The van der Waals surface area contributed by atoms with Gasteiger partial charge in [0.05, 0.1) is 23.4 Å². The van der Waals surface area contributed by atoms with Crippen LogP contribution < -0.4 is 0 Å². The van der Waals surface area contributed by atoms with Crippen LogP contribution in [0, 0.1) is 11.3 Å². The smallest absolute Gasteiger partial charge is 0.412 e. The fourth-order valence-electron chi connectivity index (χ4n) is 4.20. The number of likely N-dealkylation sites (tertiary alicyclic amines) is 1. The van der Waals surface area contributed by atoms with Crippen molar-refractivity contribution in [3.63, 3.8) is 0 Å². The van der Waals surface area contributed by atoms with Gasteiger partial charge in [0.2, 0.25) is 0 Å². The third-order valence-electron chi connectivity index (χ3n) is 5.57. The number of thiocarbonyl (C=S) groups is 1. The maximum atomic E-state index is 13.3. The molecule has 0 bridgehead atoms. The van der Waals surface area contributed by atoms with Crippen LogP contribution in [0.2, 0.25) is 13.1 Å². The highest BCUT2D eigenvalue weighted by atomic mass is 32.1. The summed E-state index contributed by atoms with van der Waals surface area (Å²) in [4.78, 5) is 21.2. The lowest BCUT2D eigenvalue weighted by Gasteiger charge is -2.37. The average Bonchev–Trinajstić information content (AvgIpc) is 3.36. The van der Waals surface area contributed by atoms with Crippen molar-refractivity contribution in [1.29, 1.82) is 0 Å². The van der Waals surface area contributed by atoms with Crippen LogP contribution in [-0.2, 0) is 13.9 Å². The second kappa shape index (κ2) is 10.0. The van der Waals surface area contributed by atoms with Crippen LogP contribution in [0.3, 0.4) is 0 Å². The zero-order valence-corrected chi connectivity index (χ0v) is 22.4. The van der Waals surface area contributed by atoms with Crippen LogP contribution in [-0.4, -0.2) is 53.3 Å². The largest absolute Gasteiger partial charge is 0.476 e. The number of ether oxygens (including phenoxy) is 2. The normalized spacial score (nSPS) is 22.3. The van der Waals surface area contributed by atoms with Crippen molar-refractivity contribution in [1.82, 2.24) is 14.3 Å². The molecular formula is C22H33N3O4S2Si. The number of rotatable bonds is 7. The van der Waals surface area contributed by atoms with Crippen molar-refractivity contribution in [3.05, 3.63) is 36.3 Å². The first-order chi connectivity index (χ1) is 15.0. The number of imidazole rings is 1. The maximum Gasteiger partial charge on any atom is 0.412 e. The van der Waals surface area contributed by atoms with Gasteiger partial charge in [-0.2, -0.15) is 0 Å². The summed E-state index contributed by atoms with van der Waals surface area (Å²) in [6.45, 7) is 16.4. The van der Waals surface area contributed by atoms with Crippen molar-refractivity contribution in [2.45, 2.75) is 65.6 Å². The highest BCUT2D eigenvalue weighted by Crippen LogP contribution is 2.47. The second-order valence-corrected chi connectivity index (χ2v) is 13.5. The molecular weight excluding hydrogens is 462 g/mol. The minimum absolute atomic E-state index is 0.0800. The standard InChI is InChI=1S/C22H33N3O4S2Si/c1-8-9-27-21(26)25-16(10-15(22(3,4)5)20(25)29-32(6)7)19(28-14(2)30)17-12-24-13-23-11-18(24)31-17/h8,11-13,15-16,19-20,32H,1,9-10H2,2-7H3/t15-,16-,19?,20?/m0/s1. The van der Waals surface area contributed by atoms with E-state index in [0.717, 1.165) is 16.1 Å². The van der Waals surface area contributed by atoms with Crippen LogP contribution in [0.1, 0.15) is 45.1 Å². The summed E-state index contributed by atoms with van der Waals surface area (Å²) in [6.07, 6.45) is 6.64. The number of hydrogen-bond acceptors (Lipinski definition) is 7. The van der Waals surface area contributed by atoms with Crippen LogP contribution in [0.4, 0.5) is 4.79 Å². The summed E-state index contributed by atoms with van der Waals surface area (Å²) >= 11 is 6.92. The molecule has 0 aliphatic carbocycles. The van der Waals surface area contributed by atoms with Gasteiger partial charge in [0, 0.05) is 19.0 Å². The predicted octanol–water partition coefficient (Wildman–Crippen LogP) is 5.19. The fourth-order valence-corrected chi connectivity index (χ4v) is 6.23. The van der Waals surface area contributed by atoms with E-state index in [-0.39, 0.29) is 30.2 Å². The Kier molecular flexibility index (Phi) is 7.79.